The van der Waals surface area contributed by atoms with Crippen LogP contribution in [0.25, 0.3) is 0 Å². The van der Waals surface area contributed by atoms with E-state index < -0.39 is 0 Å². The van der Waals surface area contributed by atoms with Crippen LogP contribution in [0.3, 0.4) is 0 Å². The van der Waals surface area contributed by atoms with Crippen LogP contribution >= 0.6 is 28.1 Å². The molecule has 0 aliphatic carbocycles. The van der Waals surface area contributed by atoms with Gasteiger partial charge in [0.2, 0.25) is 0 Å². The number of halogens is 1. The highest BCUT2D eigenvalue weighted by molar-refractivity contribution is 9.10. The van der Waals surface area contributed by atoms with Gasteiger partial charge in [-0.2, -0.15) is 0 Å². The number of nitrogens with one attached hydrogen (secondary N) is 1. The van der Waals surface area contributed by atoms with E-state index in [-0.39, 0.29) is 0 Å². The Balaban J connectivity index is 1.93. The molecule has 1 fully saturated rings. The lowest BCUT2D eigenvalue weighted by Crippen LogP contribution is -2.39. The number of nitrogens with zero attached hydrogens (tertiary/aromatic N) is 1. The minimum Gasteiger partial charge on any atom is -0.389 e. The van der Waals surface area contributed by atoms with Gasteiger partial charge in [-0.15, -0.1) is 0 Å². The van der Waals surface area contributed by atoms with Crippen molar-refractivity contribution in [2.24, 2.45) is 5.73 Å². The number of nitrogens with two attached hydrogens (primary N) is 1. The average molecular weight is 356 g/mol. The van der Waals surface area contributed by atoms with Gasteiger partial charge in [-0.25, -0.2) is 0 Å². The number of hydrogen-bond acceptors (Lipinski definition) is 3. The fourth-order valence-corrected chi connectivity index (χ4v) is 3.24. The molecule has 0 amide bonds. The topological polar surface area (TPSA) is 41.3 Å². The maximum absolute atomic E-state index is 5.65. The van der Waals surface area contributed by atoms with Gasteiger partial charge in [0.1, 0.15) is 4.99 Å². The molecular weight excluding hydrogens is 334 g/mol. The molecule has 0 unspecified atom stereocenters. The van der Waals surface area contributed by atoms with Crippen LogP contribution in [-0.4, -0.2) is 35.6 Å². The Morgan fingerprint density at radius 1 is 1.45 bits per heavy atom. The predicted molar refractivity (Wildman–Crippen MR) is 93.4 cm³/mol. The van der Waals surface area contributed by atoms with Gasteiger partial charge in [0.25, 0.3) is 0 Å². The normalized spacial score (nSPS) is 17.1. The van der Waals surface area contributed by atoms with Gasteiger partial charge >= 0.3 is 0 Å². The molecule has 0 radical (unpaired) electrons. The van der Waals surface area contributed by atoms with E-state index in [1.807, 2.05) is 12.1 Å². The van der Waals surface area contributed by atoms with E-state index in [4.69, 9.17) is 18.0 Å². The smallest absolute Gasteiger partial charge is 0.104 e. The number of thiocarbonyl (C=S) groups is 1. The molecule has 1 heterocycles. The van der Waals surface area contributed by atoms with Crippen LogP contribution in [-0.2, 0) is 0 Å². The van der Waals surface area contributed by atoms with Gasteiger partial charge in [-0.1, -0.05) is 19.1 Å². The zero-order valence-corrected chi connectivity index (χ0v) is 14.3. The van der Waals surface area contributed by atoms with Crippen molar-refractivity contribution in [2.75, 3.05) is 25.0 Å². The van der Waals surface area contributed by atoms with E-state index in [2.05, 4.69) is 39.1 Å². The first-order valence-corrected chi connectivity index (χ1v) is 8.38. The van der Waals surface area contributed by atoms with Crippen LogP contribution in [0, 0.1) is 0 Å². The van der Waals surface area contributed by atoms with Crippen LogP contribution in [0.2, 0.25) is 0 Å². The van der Waals surface area contributed by atoms with Crippen LogP contribution < -0.4 is 11.1 Å². The second-order valence-electron chi connectivity index (χ2n) is 5.32. The zero-order chi connectivity index (χ0) is 14.5. The minimum absolute atomic E-state index is 0.435. The van der Waals surface area contributed by atoms with Gasteiger partial charge in [-0.3, -0.25) is 0 Å². The molecular formula is C15H22BrN3S. The number of likely N-dealkylation sites (tertiary alicyclic amines) is 1. The summed E-state index contributed by atoms with van der Waals surface area (Å²) in [4.78, 5) is 2.98. The molecule has 1 aromatic rings. The zero-order valence-electron chi connectivity index (χ0n) is 11.9. The second kappa shape index (κ2) is 7.38. The monoisotopic (exact) mass is 355 g/mol. The largest absolute Gasteiger partial charge is 0.389 e. The first kappa shape index (κ1) is 15.7. The third-order valence-electron chi connectivity index (χ3n) is 3.74. The molecule has 0 aromatic heterocycles. The Morgan fingerprint density at radius 3 is 2.70 bits per heavy atom. The summed E-state index contributed by atoms with van der Waals surface area (Å²) in [6, 6.07) is 6.56. The molecule has 1 aliphatic rings. The molecule has 1 aliphatic heterocycles. The average Bonchev–Trinajstić information content (AvgIpc) is 2.43. The van der Waals surface area contributed by atoms with E-state index in [0.717, 1.165) is 15.7 Å². The summed E-state index contributed by atoms with van der Waals surface area (Å²) in [6.07, 6.45) is 3.64. The quantitative estimate of drug-likeness (QED) is 0.794. The van der Waals surface area contributed by atoms with Crippen molar-refractivity contribution in [3.05, 3.63) is 28.2 Å². The van der Waals surface area contributed by atoms with Gasteiger partial charge in [-0.05, 0) is 59.9 Å². The van der Waals surface area contributed by atoms with Crippen molar-refractivity contribution in [1.29, 1.82) is 0 Å². The standard InChI is InChI=1S/C15H22BrN3S/c1-2-7-19-8-5-12(6-9-19)18-14-4-3-11(15(17)20)10-13(14)16/h3-4,10,12,18H,2,5-9H2,1H3,(H2,17,20). The number of anilines is 1. The Hall–Kier alpha value is -0.650. The van der Waals surface area contributed by atoms with Crippen molar-refractivity contribution < 1.29 is 0 Å². The highest BCUT2D eigenvalue weighted by atomic mass is 79.9. The summed E-state index contributed by atoms with van der Waals surface area (Å²) in [5.41, 5.74) is 7.67. The molecule has 110 valence electrons. The summed E-state index contributed by atoms with van der Waals surface area (Å²) < 4.78 is 1.03. The molecule has 0 atom stereocenters. The summed E-state index contributed by atoms with van der Waals surface area (Å²) in [5.74, 6) is 0. The summed E-state index contributed by atoms with van der Waals surface area (Å²) >= 11 is 8.59. The highest BCUT2D eigenvalue weighted by Gasteiger charge is 2.18. The summed E-state index contributed by atoms with van der Waals surface area (Å²) in [6.45, 7) is 5.84. The lowest BCUT2D eigenvalue weighted by Gasteiger charge is -2.32. The van der Waals surface area contributed by atoms with Gasteiger partial charge in [0.15, 0.2) is 0 Å². The Bertz CT molecular complexity index is 470. The Morgan fingerprint density at radius 2 is 2.15 bits per heavy atom. The molecule has 0 spiro atoms. The highest BCUT2D eigenvalue weighted by Crippen LogP contribution is 2.26. The van der Waals surface area contributed by atoms with E-state index in [1.54, 1.807) is 0 Å². The second-order valence-corrected chi connectivity index (χ2v) is 6.61. The molecule has 20 heavy (non-hydrogen) atoms. The molecule has 2 rings (SSSR count). The third kappa shape index (κ3) is 4.17. The fraction of sp³-hybridized carbons (Fsp3) is 0.533. The van der Waals surface area contributed by atoms with Crippen LogP contribution in [0.1, 0.15) is 31.7 Å². The minimum atomic E-state index is 0.435. The summed E-state index contributed by atoms with van der Waals surface area (Å²) in [5, 5.41) is 3.62. The molecule has 3 nitrogen and oxygen atoms in total. The lowest BCUT2D eigenvalue weighted by molar-refractivity contribution is 0.219. The van der Waals surface area contributed by atoms with Gasteiger partial charge < -0.3 is 16.0 Å². The number of piperidine rings is 1. The lowest BCUT2D eigenvalue weighted by atomic mass is 10.0. The van der Waals surface area contributed by atoms with Crippen LogP contribution in [0.4, 0.5) is 5.69 Å². The van der Waals surface area contributed by atoms with E-state index in [9.17, 15) is 0 Å². The van der Waals surface area contributed by atoms with Crippen LogP contribution in [0.15, 0.2) is 22.7 Å². The molecule has 5 heteroatoms. The molecule has 0 bridgehead atoms. The molecule has 0 saturated carbocycles. The number of hydrogen-bond donors (Lipinski definition) is 2. The van der Waals surface area contributed by atoms with Gasteiger partial charge in [0.05, 0.1) is 0 Å². The maximum Gasteiger partial charge on any atom is 0.104 e. The SMILES string of the molecule is CCCN1CCC(Nc2ccc(C(N)=S)cc2Br)CC1. The van der Waals surface area contributed by atoms with Crippen molar-refractivity contribution in [1.82, 2.24) is 4.90 Å². The Labute approximate surface area is 135 Å². The first-order valence-electron chi connectivity index (χ1n) is 7.18. The van der Waals surface area contributed by atoms with E-state index in [1.165, 1.54) is 38.9 Å². The maximum atomic E-state index is 5.65. The molecule has 3 N–H and O–H groups in total. The van der Waals surface area contributed by atoms with Crippen molar-refractivity contribution in [3.63, 3.8) is 0 Å². The first-order chi connectivity index (χ1) is 9.60. The third-order valence-corrected chi connectivity index (χ3v) is 4.63. The van der Waals surface area contributed by atoms with Crippen molar-refractivity contribution in [2.45, 2.75) is 32.2 Å². The number of rotatable bonds is 5. The van der Waals surface area contributed by atoms with E-state index >= 15 is 0 Å². The summed E-state index contributed by atoms with van der Waals surface area (Å²) in [7, 11) is 0. The Kier molecular flexibility index (Phi) is 5.81. The molecule has 1 saturated heterocycles. The fourth-order valence-electron chi connectivity index (χ4n) is 2.62. The van der Waals surface area contributed by atoms with Crippen molar-refractivity contribution in [3.8, 4) is 0 Å². The number of benzene rings is 1. The van der Waals surface area contributed by atoms with Gasteiger partial charge in [0, 0.05) is 34.9 Å². The molecule has 1 aromatic carbocycles. The predicted octanol–water partition coefficient (Wildman–Crippen LogP) is 3.37. The van der Waals surface area contributed by atoms with Crippen LogP contribution in [0.5, 0.6) is 0 Å². The van der Waals surface area contributed by atoms with Crippen molar-refractivity contribution >= 4 is 38.8 Å². The van der Waals surface area contributed by atoms with E-state index in [0.29, 0.717) is 11.0 Å².